The minimum Gasteiger partial charge on any atom is -0.452 e. The number of sulfonamides is 1. The normalized spacial score (nSPS) is 11.9. The zero-order chi connectivity index (χ0) is 14.8. The summed E-state index contributed by atoms with van der Waals surface area (Å²) in [6.07, 6.45) is 0.634. The molecule has 0 aliphatic heterocycles. The number of nitrogens with two attached hydrogens (primary N) is 1. The summed E-state index contributed by atoms with van der Waals surface area (Å²) >= 11 is 8.04. The van der Waals surface area contributed by atoms with Crippen LogP contribution in [0.2, 0.25) is 0 Å². The number of thiophene rings is 1. The molecule has 2 heterocycles. The van der Waals surface area contributed by atoms with Gasteiger partial charge in [0.25, 0.3) is 0 Å². The molecule has 2 rings (SSSR count). The number of furan rings is 1. The molecule has 110 valence electrons. The number of rotatable bonds is 6. The molecule has 9 heteroatoms. The van der Waals surface area contributed by atoms with Crippen LogP contribution in [0.1, 0.15) is 10.6 Å². The van der Waals surface area contributed by atoms with Gasteiger partial charge in [0.05, 0.1) is 10.3 Å². The molecule has 0 saturated carbocycles. The molecule has 0 saturated heterocycles. The van der Waals surface area contributed by atoms with Gasteiger partial charge < -0.3 is 10.2 Å². The smallest absolute Gasteiger partial charge is 0.244 e. The second-order valence-electron chi connectivity index (χ2n) is 3.91. The molecular formula is C11H12Br2N2O3S2. The van der Waals surface area contributed by atoms with Gasteiger partial charge in [-0.3, -0.25) is 0 Å². The predicted octanol–water partition coefficient (Wildman–Crippen LogP) is 2.85. The number of nitrogens with one attached hydrogen (secondary N) is 1. The zero-order valence-corrected chi connectivity index (χ0v) is 15.0. The summed E-state index contributed by atoms with van der Waals surface area (Å²) in [5.74, 6) is 0.416. The Labute approximate surface area is 137 Å². The van der Waals surface area contributed by atoms with Crippen molar-refractivity contribution in [3.63, 3.8) is 0 Å². The summed E-state index contributed by atoms with van der Waals surface area (Å²) in [7, 11) is -3.60. The Hall–Kier alpha value is -0.190. The minimum atomic E-state index is -3.60. The van der Waals surface area contributed by atoms with Gasteiger partial charge in [0.15, 0.2) is 4.67 Å². The van der Waals surface area contributed by atoms with Crippen LogP contribution in [0, 0.1) is 0 Å². The van der Waals surface area contributed by atoms with Crippen molar-refractivity contribution in [3.05, 3.63) is 37.3 Å². The SMILES string of the molecule is NCc1cc(S(=O)(=O)NCCc2ccc(Br)s2)c(Br)o1. The molecule has 0 aliphatic rings. The molecule has 0 unspecified atom stereocenters. The highest BCUT2D eigenvalue weighted by Crippen LogP contribution is 2.26. The van der Waals surface area contributed by atoms with Gasteiger partial charge in [-0.15, -0.1) is 11.3 Å². The molecule has 0 atom stereocenters. The fourth-order valence-electron chi connectivity index (χ4n) is 1.55. The van der Waals surface area contributed by atoms with Gasteiger partial charge in [-0.2, -0.15) is 0 Å². The third-order valence-corrected chi connectivity index (χ3v) is 6.49. The van der Waals surface area contributed by atoms with Crippen LogP contribution in [0.15, 0.2) is 36.0 Å². The summed E-state index contributed by atoms with van der Waals surface area (Å²) in [5, 5.41) is 0. The quantitative estimate of drug-likeness (QED) is 0.718. The van der Waals surface area contributed by atoms with Crippen LogP contribution >= 0.6 is 43.2 Å². The van der Waals surface area contributed by atoms with Gasteiger partial charge in [-0.25, -0.2) is 13.1 Å². The molecule has 20 heavy (non-hydrogen) atoms. The van der Waals surface area contributed by atoms with Crippen molar-refractivity contribution in [2.75, 3.05) is 6.54 Å². The molecular weight excluding hydrogens is 432 g/mol. The van der Waals surface area contributed by atoms with E-state index in [4.69, 9.17) is 10.2 Å². The lowest BCUT2D eigenvalue weighted by atomic mass is 10.3. The van der Waals surface area contributed by atoms with Crippen LogP contribution in [-0.2, 0) is 23.0 Å². The average Bonchev–Trinajstić information content (AvgIpc) is 2.95. The highest BCUT2D eigenvalue weighted by molar-refractivity contribution is 9.11. The van der Waals surface area contributed by atoms with E-state index in [0.717, 1.165) is 8.66 Å². The van der Waals surface area contributed by atoms with E-state index in [1.165, 1.54) is 6.07 Å². The van der Waals surface area contributed by atoms with E-state index in [-0.39, 0.29) is 16.1 Å². The molecule has 0 aliphatic carbocycles. The van der Waals surface area contributed by atoms with E-state index in [2.05, 4.69) is 36.6 Å². The van der Waals surface area contributed by atoms with Crippen LogP contribution in [0.3, 0.4) is 0 Å². The first-order valence-electron chi connectivity index (χ1n) is 5.64. The maximum atomic E-state index is 12.1. The summed E-state index contributed by atoms with van der Waals surface area (Å²) in [5.41, 5.74) is 5.42. The molecule has 0 spiro atoms. The van der Waals surface area contributed by atoms with Crippen molar-refractivity contribution in [1.29, 1.82) is 0 Å². The van der Waals surface area contributed by atoms with Crippen molar-refractivity contribution in [2.24, 2.45) is 5.73 Å². The van der Waals surface area contributed by atoms with Crippen LogP contribution in [-0.4, -0.2) is 15.0 Å². The Bertz CT molecular complexity index is 694. The second kappa shape index (κ2) is 6.71. The van der Waals surface area contributed by atoms with Gasteiger partial charge in [-0.1, -0.05) is 0 Å². The number of hydrogen-bond acceptors (Lipinski definition) is 5. The van der Waals surface area contributed by atoms with Crippen molar-refractivity contribution in [3.8, 4) is 0 Å². The molecule has 0 fully saturated rings. The summed E-state index contributed by atoms with van der Waals surface area (Å²) in [6.45, 7) is 0.474. The van der Waals surface area contributed by atoms with E-state index < -0.39 is 10.0 Å². The first-order chi connectivity index (χ1) is 9.42. The molecule has 0 amide bonds. The van der Waals surface area contributed by atoms with E-state index in [9.17, 15) is 8.42 Å². The van der Waals surface area contributed by atoms with Gasteiger partial charge in [0.1, 0.15) is 10.7 Å². The zero-order valence-electron chi connectivity index (χ0n) is 10.2. The van der Waals surface area contributed by atoms with E-state index >= 15 is 0 Å². The first-order valence-corrected chi connectivity index (χ1v) is 9.53. The fraction of sp³-hybridized carbons (Fsp3) is 0.273. The average molecular weight is 444 g/mol. The maximum Gasteiger partial charge on any atom is 0.244 e. The summed E-state index contributed by atoms with van der Waals surface area (Å²) in [6, 6.07) is 5.33. The van der Waals surface area contributed by atoms with Gasteiger partial charge in [0, 0.05) is 17.5 Å². The topological polar surface area (TPSA) is 85.3 Å². The second-order valence-corrected chi connectivity index (χ2v) is 8.91. The molecule has 2 aromatic heterocycles. The lowest BCUT2D eigenvalue weighted by Gasteiger charge is -2.03. The molecule has 0 bridgehead atoms. The third kappa shape index (κ3) is 3.92. The third-order valence-electron chi connectivity index (χ3n) is 2.49. The lowest BCUT2D eigenvalue weighted by molar-refractivity contribution is 0.483. The lowest BCUT2D eigenvalue weighted by Crippen LogP contribution is -2.25. The maximum absolute atomic E-state index is 12.1. The molecule has 0 aromatic carbocycles. The van der Waals surface area contributed by atoms with E-state index in [1.807, 2.05) is 12.1 Å². The highest BCUT2D eigenvalue weighted by atomic mass is 79.9. The number of hydrogen-bond donors (Lipinski definition) is 2. The Morgan fingerprint density at radius 2 is 2.10 bits per heavy atom. The molecule has 0 radical (unpaired) electrons. The van der Waals surface area contributed by atoms with Crippen molar-refractivity contribution in [2.45, 2.75) is 17.9 Å². The minimum absolute atomic E-state index is 0.0744. The van der Waals surface area contributed by atoms with Gasteiger partial charge in [-0.05, 0) is 50.4 Å². The van der Waals surface area contributed by atoms with Crippen molar-refractivity contribution in [1.82, 2.24) is 4.72 Å². The Morgan fingerprint density at radius 3 is 2.65 bits per heavy atom. The van der Waals surface area contributed by atoms with Crippen LogP contribution < -0.4 is 10.5 Å². The first kappa shape index (κ1) is 16.2. The Kier molecular flexibility index (Phi) is 5.43. The van der Waals surface area contributed by atoms with Crippen molar-refractivity contribution < 1.29 is 12.8 Å². The molecule has 3 N–H and O–H groups in total. The Morgan fingerprint density at radius 1 is 1.35 bits per heavy atom. The van der Waals surface area contributed by atoms with Crippen molar-refractivity contribution >= 4 is 53.2 Å². The van der Waals surface area contributed by atoms with E-state index in [1.54, 1.807) is 11.3 Å². The number of halogens is 2. The summed E-state index contributed by atoms with van der Waals surface area (Å²) in [4.78, 5) is 1.18. The van der Waals surface area contributed by atoms with Gasteiger partial charge in [0.2, 0.25) is 10.0 Å². The highest BCUT2D eigenvalue weighted by Gasteiger charge is 2.21. The predicted molar refractivity (Wildman–Crippen MR) is 85.2 cm³/mol. The summed E-state index contributed by atoms with van der Waals surface area (Å²) < 4.78 is 33.2. The van der Waals surface area contributed by atoms with Crippen LogP contribution in [0.25, 0.3) is 0 Å². The van der Waals surface area contributed by atoms with Gasteiger partial charge >= 0.3 is 0 Å². The largest absolute Gasteiger partial charge is 0.452 e. The molecule has 2 aromatic rings. The standard InChI is InChI=1S/C11H12Br2N2O3S2/c12-10-2-1-8(19-10)3-4-15-20(16,17)9-5-7(6-14)18-11(9)13/h1-2,5,15H,3-4,6,14H2. The monoisotopic (exact) mass is 442 g/mol. The van der Waals surface area contributed by atoms with Crippen LogP contribution in [0.4, 0.5) is 0 Å². The van der Waals surface area contributed by atoms with E-state index in [0.29, 0.717) is 18.7 Å². The Balaban J connectivity index is 2.01. The fourth-order valence-corrected chi connectivity index (χ4v) is 5.06. The molecule has 5 nitrogen and oxygen atoms in total. The van der Waals surface area contributed by atoms with Crippen LogP contribution in [0.5, 0.6) is 0 Å².